The number of carbonyl (C=O) groups excluding carboxylic acids is 2. The van der Waals surface area contributed by atoms with Crippen molar-refractivity contribution in [1.82, 2.24) is 4.98 Å². The maximum absolute atomic E-state index is 12.0. The number of nitrogens with zero attached hydrogens (tertiary/aromatic N) is 2. The second-order valence-corrected chi connectivity index (χ2v) is 6.95. The minimum Gasteiger partial charge on any atom is -0.454 e. The van der Waals surface area contributed by atoms with Crippen LogP contribution in [0.1, 0.15) is 26.4 Å². The van der Waals surface area contributed by atoms with Crippen molar-refractivity contribution in [2.75, 3.05) is 6.61 Å². The van der Waals surface area contributed by atoms with Crippen LogP contribution in [0, 0.1) is 25.2 Å². The van der Waals surface area contributed by atoms with Crippen molar-refractivity contribution < 1.29 is 14.3 Å². The fourth-order valence-electron chi connectivity index (χ4n) is 1.74. The zero-order valence-electron chi connectivity index (χ0n) is 12.6. The summed E-state index contributed by atoms with van der Waals surface area (Å²) in [5, 5.41) is 11.3. The largest absolute Gasteiger partial charge is 0.454 e. The van der Waals surface area contributed by atoms with Gasteiger partial charge in [-0.3, -0.25) is 4.79 Å². The van der Waals surface area contributed by atoms with E-state index in [0.717, 1.165) is 15.4 Å². The third-order valence-corrected chi connectivity index (χ3v) is 4.83. The number of aromatic nitrogens is 1. The molecule has 0 unspecified atom stereocenters. The van der Waals surface area contributed by atoms with E-state index in [1.54, 1.807) is 29.7 Å². The van der Waals surface area contributed by atoms with Crippen molar-refractivity contribution >= 4 is 40.5 Å². The van der Waals surface area contributed by atoms with Gasteiger partial charge in [-0.25, -0.2) is 9.78 Å². The van der Waals surface area contributed by atoms with Gasteiger partial charge in [0.2, 0.25) is 0 Å². The average Bonchev–Trinajstić information content (AvgIpc) is 3.12. The molecule has 0 radical (unpaired) electrons. The van der Waals surface area contributed by atoms with E-state index in [9.17, 15) is 9.59 Å². The molecule has 0 aliphatic rings. The molecule has 0 fully saturated rings. The van der Waals surface area contributed by atoms with Gasteiger partial charge in [0, 0.05) is 26.9 Å². The van der Waals surface area contributed by atoms with E-state index in [1.165, 1.54) is 17.4 Å². The number of ketones is 1. The highest BCUT2D eigenvalue weighted by Crippen LogP contribution is 2.21. The van der Waals surface area contributed by atoms with E-state index < -0.39 is 24.3 Å². The zero-order valence-corrected chi connectivity index (χ0v) is 14.2. The van der Waals surface area contributed by atoms with E-state index in [0.29, 0.717) is 5.01 Å². The number of aryl methyl sites for hydroxylation is 2. The lowest BCUT2D eigenvalue weighted by Crippen LogP contribution is -2.19. The summed E-state index contributed by atoms with van der Waals surface area (Å²) in [5.74, 6) is -2.09. The lowest BCUT2D eigenvalue weighted by molar-refractivity contribution is -0.143. The van der Waals surface area contributed by atoms with Crippen LogP contribution in [0.5, 0.6) is 0 Å². The predicted molar refractivity (Wildman–Crippen MR) is 89.3 cm³/mol. The Morgan fingerprint density at radius 3 is 2.78 bits per heavy atom. The quantitative estimate of drug-likeness (QED) is 0.592. The summed E-state index contributed by atoms with van der Waals surface area (Å²) >= 11 is 2.80. The van der Waals surface area contributed by atoms with Gasteiger partial charge in [-0.05, 0) is 32.1 Å². The van der Waals surface area contributed by atoms with Gasteiger partial charge in [0.05, 0.1) is 6.07 Å². The molecule has 2 heterocycles. The third kappa shape index (κ3) is 4.84. The molecule has 0 saturated heterocycles. The molecule has 0 N–H and O–H groups in total. The van der Waals surface area contributed by atoms with E-state index >= 15 is 0 Å². The van der Waals surface area contributed by atoms with Crippen molar-refractivity contribution in [1.29, 1.82) is 5.26 Å². The third-order valence-electron chi connectivity index (χ3n) is 2.84. The Morgan fingerprint density at radius 2 is 2.22 bits per heavy atom. The zero-order chi connectivity index (χ0) is 16.8. The second-order valence-electron chi connectivity index (χ2n) is 4.75. The van der Waals surface area contributed by atoms with Crippen molar-refractivity contribution in [3.8, 4) is 6.07 Å². The summed E-state index contributed by atoms with van der Waals surface area (Å²) in [7, 11) is 0. The number of nitriles is 1. The van der Waals surface area contributed by atoms with Gasteiger partial charge in [-0.2, -0.15) is 5.26 Å². The molecule has 0 amide bonds. The number of hydrogen-bond acceptors (Lipinski definition) is 7. The van der Waals surface area contributed by atoms with E-state index in [2.05, 4.69) is 4.98 Å². The van der Waals surface area contributed by atoms with Crippen LogP contribution in [0.2, 0.25) is 0 Å². The molecule has 2 aromatic rings. The molecule has 0 spiro atoms. The Kier molecular flexibility index (Phi) is 5.79. The highest BCUT2D eigenvalue weighted by Gasteiger charge is 2.24. The molecule has 7 heteroatoms. The molecule has 118 valence electrons. The lowest BCUT2D eigenvalue weighted by Gasteiger charge is -2.05. The number of hydrogen-bond donors (Lipinski definition) is 0. The van der Waals surface area contributed by atoms with Gasteiger partial charge in [0.25, 0.3) is 0 Å². The fourth-order valence-corrected chi connectivity index (χ4v) is 3.38. The second kappa shape index (κ2) is 7.81. The molecule has 2 rings (SSSR count). The first-order valence-electron chi connectivity index (χ1n) is 6.75. The van der Waals surface area contributed by atoms with Gasteiger partial charge in [-0.1, -0.05) is 0 Å². The lowest BCUT2D eigenvalue weighted by atomic mass is 10.1. The van der Waals surface area contributed by atoms with Crippen molar-refractivity contribution in [2.24, 2.45) is 0 Å². The summed E-state index contributed by atoms with van der Waals surface area (Å²) in [4.78, 5) is 29.8. The first-order valence-corrected chi connectivity index (χ1v) is 8.45. The van der Waals surface area contributed by atoms with Crippen molar-refractivity contribution in [2.45, 2.75) is 19.8 Å². The molecule has 0 saturated carbocycles. The highest BCUT2D eigenvalue weighted by molar-refractivity contribution is 7.12. The molecule has 0 aliphatic carbocycles. The van der Waals surface area contributed by atoms with Crippen LogP contribution < -0.4 is 0 Å². The highest BCUT2D eigenvalue weighted by atomic mass is 32.1. The van der Waals surface area contributed by atoms with Gasteiger partial charge >= 0.3 is 5.97 Å². The molecular formula is C16H14N2O3S2. The molecule has 0 aliphatic heterocycles. The SMILES string of the molecule is Cc1csc([C@H](C#N)C(=O)COC(=O)/C=C/c2ccc(C)s2)n1. The van der Waals surface area contributed by atoms with Crippen LogP contribution in [0.3, 0.4) is 0 Å². The molecular weight excluding hydrogens is 332 g/mol. The molecule has 5 nitrogen and oxygen atoms in total. The molecule has 2 aromatic heterocycles. The van der Waals surface area contributed by atoms with Crippen LogP contribution in [0.4, 0.5) is 0 Å². The summed E-state index contributed by atoms with van der Waals surface area (Å²) < 4.78 is 4.90. The number of Topliss-reactive ketones (excluding diaryl/α,β-unsaturated/α-hetero) is 1. The summed E-state index contributed by atoms with van der Waals surface area (Å²) in [6, 6.07) is 5.75. The van der Waals surface area contributed by atoms with Crippen LogP contribution >= 0.6 is 22.7 Å². The smallest absolute Gasteiger partial charge is 0.331 e. The number of thiazole rings is 1. The Labute approximate surface area is 141 Å². The first kappa shape index (κ1) is 17.1. The predicted octanol–water partition coefficient (Wildman–Crippen LogP) is 3.25. The Hall–Kier alpha value is -2.30. The molecule has 1 atom stereocenters. The van der Waals surface area contributed by atoms with Crippen LogP contribution in [-0.4, -0.2) is 23.3 Å². The topological polar surface area (TPSA) is 80.0 Å². The Balaban J connectivity index is 1.89. The molecule has 0 aromatic carbocycles. The maximum Gasteiger partial charge on any atom is 0.331 e. The van der Waals surface area contributed by atoms with Gasteiger partial charge < -0.3 is 4.74 Å². The van der Waals surface area contributed by atoms with Gasteiger partial charge in [-0.15, -0.1) is 22.7 Å². The standard InChI is InChI=1S/C16H14N2O3S2/c1-10-9-22-16(18-10)13(7-17)14(19)8-21-15(20)6-5-12-4-3-11(2)23-12/h3-6,9,13H,8H2,1-2H3/b6-5+/t13-/m1/s1. The van der Waals surface area contributed by atoms with Crippen LogP contribution in [0.15, 0.2) is 23.6 Å². The fraction of sp³-hybridized carbons (Fsp3) is 0.250. The molecule has 23 heavy (non-hydrogen) atoms. The van der Waals surface area contributed by atoms with E-state index in [4.69, 9.17) is 10.00 Å². The molecule has 0 bridgehead atoms. The monoisotopic (exact) mass is 346 g/mol. The minimum atomic E-state index is -0.995. The number of ether oxygens (including phenoxy) is 1. The number of thiophene rings is 1. The normalized spacial score (nSPS) is 12.0. The van der Waals surface area contributed by atoms with E-state index in [-0.39, 0.29) is 0 Å². The minimum absolute atomic E-state index is 0.427. The number of carbonyl (C=O) groups is 2. The van der Waals surface area contributed by atoms with Crippen molar-refractivity contribution in [3.05, 3.63) is 44.0 Å². The summed E-state index contributed by atoms with van der Waals surface area (Å²) in [6.45, 7) is 3.32. The average molecular weight is 346 g/mol. The maximum atomic E-state index is 12.0. The van der Waals surface area contributed by atoms with Gasteiger partial charge in [0.1, 0.15) is 5.01 Å². The van der Waals surface area contributed by atoms with Gasteiger partial charge in [0.15, 0.2) is 18.3 Å². The first-order chi connectivity index (χ1) is 11.0. The Bertz CT molecular complexity index is 783. The van der Waals surface area contributed by atoms with Crippen molar-refractivity contribution in [3.63, 3.8) is 0 Å². The number of esters is 1. The summed E-state index contributed by atoms with van der Waals surface area (Å²) in [6.07, 6.45) is 2.91. The van der Waals surface area contributed by atoms with Crippen LogP contribution in [0.25, 0.3) is 6.08 Å². The Morgan fingerprint density at radius 1 is 1.43 bits per heavy atom. The number of rotatable bonds is 6. The van der Waals surface area contributed by atoms with E-state index in [1.807, 2.05) is 25.1 Å². The summed E-state index contributed by atoms with van der Waals surface area (Å²) in [5.41, 5.74) is 0.754. The van der Waals surface area contributed by atoms with Crippen LogP contribution in [-0.2, 0) is 14.3 Å².